The number of fused-ring (bicyclic) bond motifs is 1. The first-order valence-electron chi connectivity index (χ1n) is 6.23. The van der Waals surface area contributed by atoms with Crippen LogP contribution < -0.4 is 10.5 Å². The van der Waals surface area contributed by atoms with E-state index in [4.69, 9.17) is 10.5 Å². The number of benzene rings is 2. The van der Waals surface area contributed by atoms with E-state index in [0.717, 1.165) is 0 Å². The molecule has 0 aromatic heterocycles. The standard InChI is InChI=1S/C15H13NO4S/c16-11-4-5-14-10(9-21(18,19)15(14)6-11)8-20-13-3-1-2-12(17)7-13/h1-7,9,17H,8,16H2. The van der Waals surface area contributed by atoms with Crippen molar-refractivity contribution in [1.82, 2.24) is 0 Å². The molecule has 6 heteroatoms. The SMILES string of the molecule is Nc1ccc2c(c1)S(=O)(=O)C=C2COc1cccc(O)c1. The maximum atomic E-state index is 12.1. The third kappa shape index (κ3) is 2.57. The molecule has 2 aromatic carbocycles. The number of nitrogen functional groups attached to an aromatic ring is 1. The molecule has 0 bridgehead atoms. The summed E-state index contributed by atoms with van der Waals surface area (Å²) in [4.78, 5) is 0.206. The number of anilines is 1. The molecule has 0 saturated heterocycles. The van der Waals surface area contributed by atoms with Crippen LogP contribution in [0.3, 0.4) is 0 Å². The van der Waals surface area contributed by atoms with E-state index in [1.165, 1.54) is 23.6 Å². The van der Waals surface area contributed by atoms with Gasteiger partial charge in [0.15, 0.2) is 0 Å². The van der Waals surface area contributed by atoms with Gasteiger partial charge >= 0.3 is 0 Å². The molecule has 1 heterocycles. The van der Waals surface area contributed by atoms with Gasteiger partial charge in [0.2, 0.25) is 9.84 Å². The van der Waals surface area contributed by atoms with Crippen molar-refractivity contribution in [3.05, 3.63) is 53.4 Å². The summed E-state index contributed by atoms with van der Waals surface area (Å²) in [6.07, 6.45) is 0. The Labute approximate surface area is 122 Å². The van der Waals surface area contributed by atoms with Crippen LogP contribution in [0.2, 0.25) is 0 Å². The number of hydrogen-bond donors (Lipinski definition) is 2. The van der Waals surface area contributed by atoms with Gasteiger partial charge in [-0.1, -0.05) is 12.1 Å². The van der Waals surface area contributed by atoms with Crippen molar-refractivity contribution in [3.8, 4) is 11.5 Å². The molecular formula is C15H13NO4S. The zero-order valence-corrected chi connectivity index (χ0v) is 11.8. The molecule has 5 nitrogen and oxygen atoms in total. The Morgan fingerprint density at radius 3 is 2.71 bits per heavy atom. The van der Waals surface area contributed by atoms with E-state index in [-0.39, 0.29) is 17.3 Å². The van der Waals surface area contributed by atoms with E-state index in [9.17, 15) is 13.5 Å². The summed E-state index contributed by atoms with van der Waals surface area (Å²) in [7, 11) is -3.46. The first-order valence-corrected chi connectivity index (χ1v) is 7.78. The van der Waals surface area contributed by atoms with E-state index in [2.05, 4.69) is 0 Å². The van der Waals surface area contributed by atoms with Gasteiger partial charge in [-0.05, 0) is 24.3 Å². The number of hydrogen-bond acceptors (Lipinski definition) is 5. The quantitative estimate of drug-likeness (QED) is 0.848. The van der Waals surface area contributed by atoms with E-state index in [1.54, 1.807) is 24.3 Å². The van der Waals surface area contributed by atoms with Crippen molar-refractivity contribution in [3.63, 3.8) is 0 Å². The second-order valence-corrected chi connectivity index (χ2v) is 6.50. The Hall–Kier alpha value is -2.47. The molecule has 1 aliphatic rings. The lowest BCUT2D eigenvalue weighted by molar-refractivity contribution is 0.366. The summed E-state index contributed by atoms with van der Waals surface area (Å²) in [5, 5.41) is 10.6. The van der Waals surface area contributed by atoms with Crippen LogP contribution in [0.5, 0.6) is 11.5 Å². The first-order chi connectivity index (χ1) is 9.95. The summed E-state index contributed by atoms with van der Waals surface area (Å²) >= 11 is 0. The van der Waals surface area contributed by atoms with Crippen LogP contribution in [0.1, 0.15) is 5.56 Å². The second kappa shape index (κ2) is 4.82. The molecule has 0 saturated carbocycles. The van der Waals surface area contributed by atoms with E-state index in [0.29, 0.717) is 22.6 Å². The molecule has 0 spiro atoms. The summed E-state index contributed by atoms with van der Waals surface area (Å²) in [5.41, 5.74) is 7.20. The lowest BCUT2D eigenvalue weighted by atomic mass is 10.1. The van der Waals surface area contributed by atoms with Gasteiger partial charge in [-0.25, -0.2) is 8.42 Å². The van der Waals surface area contributed by atoms with Crippen LogP contribution in [0, 0.1) is 0 Å². The third-order valence-electron chi connectivity index (χ3n) is 3.17. The van der Waals surface area contributed by atoms with Crippen LogP contribution in [0.25, 0.3) is 5.57 Å². The third-order valence-corrected chi connectivity index (χ3v) is 4.71. The average molecular weight is 303 g/mol. The van der Waals surface area contributed by atoms with Gasteiger partial charge in [-0.15, -0.1) is 0 Å². The number of phenols is 1. The number of aromatic hydroxyl groups is 1. The summed E-state index contributed by atoms with van der Waals surface area (Å²) in [6, 6.07) is 11.1. The highest BCUT2D eigenvalue weighted by Gasteiger charge is 2.27. The zero-order chi connectivity index (χ0) is 15.0. The average Bonchev–Trinajstić information content (AvgIpc) is 2.68. The van der Waals surface area contributed by atoms with Gasteiger partial charge < -0.3 is 15.6 Å². The van der Waals surface area contributed by atoms with E-state index in [1.807, 2.05) is 0 Å². The maximum Gasteiger partial charge on any atom is 0.200 e. The van der Waals surface area contributed by atoms with Crippen LogP contribution in [0.4, 0.5) is 5.69 Å². The highest BCUT2D eigenvalue weighted by Crippen LogP contribution is 2.35. The Kier molecular flexibility index (Phi) is 3.10. The molecule has 0 radical (unpaired) electrons. The molecule has 108 valence electrons. The molecule has 0 atom stereocenters. The Morgan fingerprint density at radius 1 is 1.14 bits per heavy atom. The fraction of sp³-hybridized carbons (Fsp3) is 0.0667. The zero-order valence-electron chi connectivity index (χ0n) is 11.0. The minimum Gasteiger partial charge on any atom is -0.508 e. The number of phenolic OH excluding ortho intramolecular Hbond substituents is 1. The van der Waals surface area contributed by atoms with Gasteiger partial charge in [0.1, 0.15) is 18.1 Å². The van der Waals surface area contributed by atoms with Gasteiger partial charge in [-0.3, -0.25) is 0 Å². The first kappa shape index (κ1) is 13.5. The minimum atomic E-state index is -3.46. The fourth-order valence-electron chi connectivity index (χ4n) is 2.20. The van der Waals surface area contributed by atoms with Crippen LogP contribution in [-0.4, -0.2) is 20.1 Å². The van der Waals surface area contributed by atoms with Crippen molar-refractivity contribution in [2.75, 3.05) is 12.3 Å². The van der Waals surface area contributed by atoms with Gasteiger partial charge in [0.05, 0.1) is 4.90 Å². The summed E-state index contributed by atoms with van der Waals surface area (Å²) in [6.45, 7) is 0.0968. The number of nitrogens with two attached hydrogens (primary N) is 1. The number of rotatable bonds is 3. The largest absolute Gasteiger partial charge is 0.508 e. The summed E-state index contributed by atoms with van der Waals surface area (Å²) in [5.74, 6) is 0.561. The van der Waals surface area contributed by atoms with Crippen molar-refractivity contribution in [1.29, 1.82) is 0 Å². The van der Waals surface area contributed by atoms with Gasteiger partial charge in [0.25, 0.3) is 0 Å². The second-order valence-electron chi connectivity index (χ2n) is 4.73. The Balaban J connectivity index is 1.88. The highest BCUT2D eigenvalue weighted by molar-refractivity contribution is 7.95. The lowest BCUT2D eigenvalue weighted by Crippen LogP contribution is -2.00. The van der Waals surface area contributed by atoms with Crippen molar-refractivity contribution >= 4 is 21.1 Å². The highest BCUT2D eigenvalue weighted by atomic mass is 32.2. The van der Waals surface area contributed by atoms with Crippen molar-refractivity contribution < 1.29 is 18.3 Å². The lowest BCUT2D eigenvalue weighted by Gasteiger charge is -2.08. The molecule has 2 aromatic rings. The minimum absolute atomic E-state index is 0.0914. The molecule has 0 amide bonds. The monoisotopic (exact) mass is 303 g/mol. The molecule has 0 unspecified atom stereocenters. The van der Waals surface area contributed by atoms with E-state index >= 15 is 0 Å². The molecular weight excluding hydrogens is 290 g/mol. The van der Waals surface area contributed by atoms with Crippen molar-refractivity contribution in [2.24, 2.45) is 0 Å². The van der Waals surface area contributed by atoms with Crippen LogP contribution in [-0.2, 0) is 9.84 Å². The summed E-state index contributed by atoms with van der Waals surface area (Å²) < 4.78 is 29.6. The number of ether oxygens (including phenoxy) is 1. The predicted octanol–water partition coefficient (Wildman–Crippen LogP) is 2.18. The van der Waals surface area contributed by atoms with Crippen molar-refractivity contribution in [2.45, 2.75) is 4.90 Å². The van der Waals surface area contributed by atoms with Gasteiger partial charge in [0, 0.05) is 28.3 Å². The van der Waals surface area contributed by atoms with Crippen LogP contribution >= 0.6 is 0 Å². The molecule has 21 heavy (non-hydrogen) atoms. The molecule has 0 aliphatic carbocycles. The van der Waals surface area contributed by atoms with Crippen LogP contribution in [0.15, 0.2) is 52.8 Å². The Bertz CT molecular complexity index is 841. The molecule has 3 rings (SSSR count). The fourth-order valence-corrected chi connectivity index (χ4v) is 3.70. The predicted molar refractivity (Wildman–Crippen MR) is 79.6 cm³/mol. The Morgan fingerprint density at radius 2 is 1.95 bits per heavy atom. The molecule has 0 fully saturated rings. The van der Waals surface area contributed by atoms with E-state index < -0.39 is 9.84 Å². The number of sulfone groups is 1. The topological polar surface area (TPSA) is 89.6 Å². The van der Waals surface area contributed by atoms with Gasteiger partial charge in [-0.2, -0.15) is 0 Å². The molecule has 3 N–H and O–H groups in total. The maximum absolute atomic E-state index is 12.1. The molecule has 1 aliphatic heterocycles. The normalized spacial score (nSPS) is 15.3. The smallest absolute Gasteiger partial charge is 0.200 e.